The molecule has 0 N–H and O–H groups in total. The van der Waals surface area contributed by atoms with Crippen molar-refractivity contribution in [3.63, 3.8) is 0 Å². The van der Waals surface area contributed by atoms with Gasteiger partial charge in [-0.3, -0.25) is 9.59 Å². The molecule has 2 aliphatic rings. The highest BCUT2D eigenvalue weighted by atomic mass is 16.5. The van der Waals surface area contributed by atoms with E-state index in [1.54, 1.807) is 17.3 Å². The lowest BCUT2D eigenvalue weighted by molar-refractivity contribution is -0.119. The van der Waals surface area contributed by atoms with Gasteiger partial charge in [0.25, 0.3) is 5.91 Å². The number of piperidine rings is 1. The fourth-order valence-electron chi connectivity index (χ4n) is 3.78. The fourth-order valence-corrected chi connectivity index (χ4v) is 3.78. The third kappa shape index (κ3) is 3.83. The van der Waals surface area contributed by atoms with Gasteiger partial charge >= 0.3 is 6.01 Å². The van der Waals surface area contributed by atoms with Crippen LogP contribution in [-0.2, 0) is 4.79 Å². The Morgan fingerprint density at radius 1 is 1.04 bits per heavy atom. The quantitative estimate of drug-likeness (QED) is 0.719. The van der Waals surface area contributed by atoms with E-state index in [-0.39, 0.29) is 11.9 Å². The third-order valence-corrected chi connectivity index (χ3v) is 5.49. The molecule has 0 unspecified atom stereocenters. The first-order chi connectivity index (χ1) is 13.7. The summed E-state index contributed by atoms with van der Waals surface area (Å²) in [7, 11) is 1.53. The van der Waals surface area contributed by atoms with Gasteiger partial charge in [0.05, 0.1) is 7.11 Å². The Hall–Kier alpha value is -2.96. The number of hydrogen-bond donors (Lipinski definition) is 0. The Labute approximate surface area is 164 Å². The Morgan fingerprint density at radius 3 is 2.18 bits per heavy atom. The zero-order chi connectivity index (χ0) is 19.5. The maximum Gasteiger partial charge on any atom is 0.316 e. The van der Waals surface area contributed by atoms with E-state index in [9.17, 15) is 9.59 Å². The number of benzene rings is 1. The number of methoxy groups -OCH3 is 1. The summed E-state index contributed by atoms with van der Waals surface area (Å²) in [5.41, 5.74) is 2.53. The smallest absolute Gasteiger partial charge is 0.316 e. The van der Waals surface area contributed by atoms with E-state index in [1.807, 2.05) is 24.3 Å². The van der Waals surface area contributed by atoms with Crippen molar-refractivity contribution >= 4 is 12.3 Å². The van der Waals surface area contributed by atoms with Crippen molar-refractivity contribution in [3.05, 3.63) is 42.2 Å². The topological polar surface area (TPSA) is 75.6 Å². The number of carbonyl (C=O) groups is 2. The van der Waals surface area contributed by atoms with Gasteiger partial charge in [-0.2, -0.15) is 0 Å². The SMILES string of the molecule is COc1ncc(-c2ccc(C(=O)N(C3CC3)C3CCN(C=O)CC3)cc2)cn1. The summed E-state index contributed by atoms with van der Waals surface area (Å²) in [6.07, 6.45) is 8.16. The van der Waals surface area contributed by atoms with Crippen molar-refractivity contribution in [1.29, 1.82) is 0 Å². The number of nitrogens with zero attached hydrogens (tertiary/aromatic N) is 4. The molecule has 1 aliphatic heterocycles. The van der Waals surface area contributed by atoms with E-state index in [0.717, 1.165) is 56.3 Å². The van der Waals surface area contributed by atoms with Crippen LogP contribution in [0.2, 0.25) is 0 Å². The Morgan fingerprint density at radius 2 is 1.64 bits per heavy atom. The van der Waals surface area contributed by atoms with Crippen molar-refractivity contribution in [1.82, 2.24) is 19.8 Å². The molecule has 7 nitrogen and oxygen atoms in total. The first kappa shape index (κ1) is 18.4. The van der Waals surface area contributed by atoms with Crippen LogP contribution >= 0.6 is 0 Å². The molecule has 1 saturated carbocycles. The minimum absolute atomic E-state index is 0.0876. The van der Waals surface area contributed by atoms with E-state index in [2.05, 4.69) is 14.9 Å². The average Bonchev–Trinajstić information content (AvgIpc) is 3.59. The molecule has 1 aliphatic carbocycles. The molecule has 0 atom stereocenters. The van der Waals surface area contributed by atoms with Gasteiger partial charge in [-0.15, -0.1) is 0 Å². The molecule has 2 aromatic rings. The normalized spacial score (nSPS) is 17.2. The van der Waals surface area contributed by atoms with Crippen LogP contribution in [0.5, 0.6) is 6.01 Å². The first-order valence-corrected chi connectivity index (χ1v) is 9.68. The van der Waals surface area contributed by atoms with Crippen LogP contribution in [0.25, 0.3) is 11.1 Å². The van der Waals surface area contributed by atoms with Crippen LogP contribution < -0.4 is 4.74 Å². The first-order valence-electron chi connectivity index (χ1n) is 9.68. The minimum Gasteiger partial charge on any atom is -0.467 e. The lowest BCUT2D eigenvalue weighted by atomic mass is 10.0. The van der Waals surface area contributed by atoms with Gasteiger partial charge < -0.3 is 14.5 Å². The van der Waals surface area contributed by atoms with Gasteiger partial charge in [-0.1, -0.05) is 12.1 Å². The third-order valence-electron chi connectivity index (χ3n) is 5.49. The molecule has 1 saturated heterocycles. The second-order valence-corrected chi connectivity index (χ2v) is 7.35. The van der Waals surface area contributed by atoms with Gasteiger partial charge in [-0.05, 0) is 43.4 Å². The molecule has 4 rings (SSSR count). The zero-order valence-corrected chi connectivity index (χ0v) is 16.0. The van der Waals surface area contributed by atoms with Crippen LogP contribution in [0.1, 0.15) is 36.0 Å². The summed E-state index contributed by atoms with van der Waals surface area (Å²) >= 11 is 0. The molecule has 2 amide bonds. The summed E-state index contributed by atoms with van der Waals surface area (Å²) < 4.78 is 4.99. The highest BCUT2D eigenvalue weighted by Crippen LogP contribution is 2.33. The van der Waals surface area contributed by atoms with Gasteiger partial charge in [0.1, 0.15) is 0 Å². The number of ether oxygens (including phenoxy) is 1. The molecule has 28 heavy (non-hydrogen) atoms. The number of hydrogen-bond acceptors (Lipinski definition) is 5. The summed E-state index contributed by atoms with van der Waals surface area (Å²) in [4.78, 5) is 36.3. The summed E-state index contributed by atoms with van der Waals surface area (Å²) in [6.45, 7) is 1.45. The van der Waals surface area contributed by atoms with Crippen molar-refractivity contribution < 1.29 is 14.3 Å². The molecule has 7 heteroatoms. The Bertz CT molecular complexity index is 826. The van der Waals surface area contributed by atoms with Crippen LogP contribution in [0.3, 0.4) is 0 Å². The number of rotatable bonds is 6. The van der Waals surface area contributed by atoms with Crippen LogP contribution in [0.4, 0.5) is 0 Å². The molecule has 0 spiro atoms. The maximum absolute atomic E-state index is 13.2. The average molecular weight is 380 g/mol. The number of likely N-dealkylation sites (tertiary alicyclic amines) is 1. The summed E-state index contributed by atoms with van der Waals surface area (Å²) in [5.74, 6) is 0.0876. The van der Waals surface area contributed by atoms with Crippen molar-refractivity contribution in [3.8, 4) is 17.1 Å². The molecule has 1 aromatic heterocycles. The predicted octanol–water partition coefficient (Wildman–Crippen LogP) is 2.38. The molecule has 2 heterocycles. The van der Waals surface area contributed by atoms with Gasteiger partial charge in [0.15, 0.2) is 0 Å². The van der Waals surface area contributed by atoms with Crippen molar-refractivity contribution in [2.45, 2.75) is 37.8 Å². The van der Waals surface area contributed by atoms with Gasteiger partial charge in [0.2, 0.25) is 6.41 Å². The number of carbonyl (C=O) groups excluding carboxylic acids is 2. The van der Waals surface area contributed by atoms with Gasteiger partial charge in [-0.25, -0.2) is 9.97 Å². The number of aromatic nitrogens is 2. The second-order valence-electron chi connectivity index (χ2n) is 7.35. The number of amides is 2. The highest BCUT2D eigenvalue weighted by Gasteiger charge is 2.38. The summed E-state index contributed by atoms with van der Waals surface area (Å²) in [5, 5.41) is 0. The molecule has 146 valence electrons. The molecular formula is C21H24N4O3. The van der Waals surface area contributed by atoms with E-state index >= 15 is 0 Å². The fraction of sp³-hybridized carbons (Fsp3) is 0.429. The van der Waals surface area contributed by atoms with Crippen molar-refractivity contribution in [2.75, 3.05) is 20.2 Å². The van der Waals surface area contributed by atoms with E-state index in [0.29, 0.717) is 17.6 Å². The van der Waals surface area contributed by atoms with Crippen LogP contribution in [0, 0.1) is 0 Å². The lowest BCUT2D eigenvalue weighted by Gasteiger charge is -2.37. The zero-order valence-electron chi connectivity index (χ0n) is 16.0. The Kier molecular flexibility index (Phi) is 5.23. The van der Waals surface area contributed by atoms with E-state index in [4.69, 9.17) is 4.74 Å². The summed E-state index contributed by atoms with van der Waals surface area (Å²) in [6, 6.07) is 8.49. The molecule has 0 bridgehead atoms. The Balaban J connectivity index is 1.49. The molecule has 1 aromatic carbocycles. The minimum atomic E-state index is 0.0876. The van der Waals surface area contributed by atoms with Crippen molar-refractivity contribution in [2.24, 2.45) is 0 Å². The standard InChI is InChI=1S/C21H24N4O3/c1-28-21-22-12-17(13-23-21)15-2-4-16(5-3-15)20(27)25(18-6-7-18)19-8-10-24(14-26)11-9-19/h2-5,12-14,18-19H,6-11H2,1H3. The lowest BCUT2D eigenvalue weighted by Crippen LogP contribution is -2.48. The second kappa shape index (κ2) is 7.96. The molecular weight excluding hydrogens is 356 g/mol. The van der Waals surface area contributed by atoms with Crippen LogP contribution in [-0.4, -0.2) is 64.4 Å². The van der Waals surface area contributed by atoms with Crippen LogP contribution in [0.15, 0.2) is 36.7 Å². The van der Waals surface area contributed by atoms with E-state index in [1.165, 1.54) is 7.11 Å². The van der Waals surface area contributed by atoms with Gasteiger partial charge in [0, 0.05) is 48.7 Å². The maximum atomic E-state index is 13.2. The molecule has 2 fully saturated rings. The highest BCUT2D eigenvalue weighted by molar-refractivity contribution is 5.95. The van der Waals surface area contributed by atoms with E-state index < -0.39 is 0 Å². The predicted molar refractivity (Wildman–Crippen MR) is 104 cm³/mol. The molecule has 0 radical (unpaired) electrons. The largest absolute Gasteiger partial charge is 0.467 e. The monoisotopic (exact) mass is 380 g/mol.